The number of aromatic carboxylic acids is 1. The summed E-state index contributed by atoms with van der Waals surface area (Å²) in [7, 11) is 0. The van der Waals surface area contributed by atoms with E-state index in [9.17, 15) is 14.7 Å². The van der Waals surface area contributed by atoms with E-state index in [1.54, 1.807) is 18.0 Å². The van der Waals surface area contributed by atoms with E-state index in [-0.39, 0.29) is 17.9 Å². The van der Waals surface area contributed by atoms with Gasteiger partial charge in [-0.2, -0.15) is 0 Å². The number of nitrogens with zero attached hydrogens (tertiary/aromatic N) is 2. The molecule has 0 aliphatic heterocycles. The molecule has 1 amide bonds. The summed E-state index contributed by atoms with van der Waals surface area (Å²) >= 11 is 0. The number of carboxylic acids is 1. The maximum atomic E-state index is 12.7. The molecular weight excluding hydrogens is 292 g/mol. The molecule has 1 heterocycles. The lowest BCUT2D eigenvalue weighted by atomic mass is 10.1. The van der Waals surface area contributed by atoms with Crippen LogP contribution in [0.1, 0.15) is 35.5 Å². The number of para-hydroxylation sites is 1. The monoisotopic (exact) mass is 314 g/mol. The molecule has 1 N–H and O–H groups in total. The predicted molar refractivity (Wildman–Crippen MR) is 90.0 cm³/mol. The number of aromatic nitrogens is 1. The normalized spacial score (nSPS) is 10.6. The van der Waals surface area contributed by atoms with Gasteiger partial charge in [0.15, 0.2) is 0 Å². The molecule has 122 valence electrons. The molecule has 0 saturated heterocycles. The van der Waals surface area contributed by atoms with E-state index in [1.807, 2.05) is 48.7 Å². The molecule has 0 aliphatic rings. The van der Waals surface area contributed by atoms with Crippen molar-refractivity contribution in [1.29, 1.82) is 0 Å². The minimum Gasteiger partial charge on any atom is -0.478 e. The Hall–Kier alpha value is -2.56. The predicted octanol–water partition coefficient (Wildman–Crippen LogP) is 3.11. The van der Waals surface area contributed by atoms with Crippen LogP contribution in [0.3, 0.4) is 0 Å². The third-order valence-corrected chi connectivity index (χ3v) is 3.94. The highest BCUT2D eigenvalue weighted by molar-refractivity contribution is 5.97. The Bertz CT molecular complexity index is 705. The molecule has 23 heavy (non-hydrogen) atoms. The van der Waals surface area contributed by atoms with Crippen molar-refractivity contribution in [3.05, 3.63) is 53.3 Å². The van der Waals surface area contributed by atoms with Crippen molar-refractivity contribution in [2.24, 2.45) is 0 Å². The van der Waals surface area contributed by atoms with E-state index in [1.165, 1.54) is 0 Å². The lowest BCUT2D eigenvalue weighted by molar-refractivity contribution is -0.118. The number of carboxylic acid groups (broad SMARTS) is 1. The summed E-state index contributed by atoms with van der Waals surface area (Å²) in [6, 6.07) is 9.42. The fourth-order valence-electron chi connectivity index (χ4n) is 2.86. The summed E-state index contributed by atoms with van der Waals surface area (Å²) in [6.45, 7) is 6.78. The van der Waals surface area contributed by atoms with Crippen LogP contribution in [-0.2, 0) is 17.8 Å². The van der Waals surface area contributed by atoms with Gasteiger partial charge in [0.05, 0.1) is 12.0 Å². The van der Waals surface area contributed by atoms with Crippen molar-refractivity contribution in [2.75, 3.05) is 11.4 Å². The first-order valence-electron chi connectivity index (χ1n) is 7.76. The Morgan fingerprint density at radius 2 is 1.83 bits per heavy atom. The lowest BCUT2D eigenvalue weighted by Gasteiger charge is -2.21. The molecule has 5 nitrogen and oxygen atoms in total. The highest BCUT2D eigenvalue weighted by Gasteiger charge is 2.23. The molecular formula is C18H22N2O3. The summed E-state index contributed by atoms with van der Waals surface area (Å²) in [4.78, 5) is 25.9. The average Bonchev–Trinajstić information content (AvgIpc) is 2.84. The van der Waals surface area contributed by atoms with Gasteiger partial charge in [-0.25, -0.2) is 4.79 Å². The first kappa shape index (κ1) is 16.8. The van der Waals surface area contributed by atoms with Gasteiger partial charge in [0.25, 0.3) is 0 Å². The van der Waals surface area contributed by atoms with Crippen molar-refractivity contribution >= 4 is 17.6 Å². The topological polar surface area (TPSA) is 62.5 Å². The van der Waals surface area contributed by atoms with Gasteiger partial charge in [0.1, 0.15) is 0 Å². The van der Waals surface area contributed by atoms with Gasteiger partial charge in [-0.3, -0.25) is 4.79 Å². The zero-order chi connectivity index (χ0) is 17.0. The lowest BCUT2D eigenvalue weighted by Crippen LogP contribution is -2.33. The average molecular weight is 314 g/mol. The molecule has 2 aromatic rings. The summed E-state index contributed by atoms with van der Waals surface area (Å²) < 4.78 is 1.84. The van der Waals surface area contributed by atoms with Crippen molar-refractivity contribution in [3.8, 4) is 0 Å². The number of carbonyl (C=O) groups is 2. The number of rotatable bonds is 6. The van der Waals surface area contributed by atoms with E-state index in [0.717, 1.165) is 5.69 Å². The highest BCUT2D eigenvalue weighted by Crippen LogP contribution is 2.21. The van der Waals surface area contributed by atoms with Crippen LogP contribution in [0.25, 0.3) is 0 Å². The minimum atomic E-state index is -0.986. The van der Waals surface area contributed by atoms with E-state index < -0.39 is 5.97 Å². The molecule has 2 rings (SSSR count). The van der Waals surface area contributed by atoms with Gasteiger partial charge in [-0.05, 0) is 38.5 Å². The number of hydrogen-bond donors (Lipinski definition) is 1. The second-order valence-corrected chi connectivity index (χ2v) is 5.38. The van der Waals surface area contributed by atoms with Crippen LogP contribution in [0.5, 0.6) is 0 Å². The fraction of sp³-hybridized carbons (Fsp3) is 0.333. The van der Waals surface area contributed by atoms with Crippen molar-refractivity contribution < 1.29 is 14.7 Å². The summed E-state index contributed by atoms with van der Waals surface area (Å²) in [5, 5.41) is 9.44. The van der Waals surface area contributed by atoms with Crippen molar-refractivity contribution in [3.63, 3.8) is 0 Å². The maximum Gasteiger partial charge on any atom is 0.337 e. The van der Waals surface area contributed by atoms with Gasteiger partial charge in [-0.15, -0.1) is 0 Å². The third kappa shape index (κ3) is 3.44. The number of amides is 1. The molecule has 1 aromatic heterocycles. The van der Waals surface area contributed by atoms with Crippen LogP contribution in [-0.4, -0.2) is 28.1 Å². The van der Waals surface area contributed by atoms with E-state index in [0.29, 0.717) is 24.3 Å². The van der Waals surface area contributed by atoms with Gasteiger partial charge >= 0.3 is 5.97 Å². The Labute approximate surface area is 136 Å². The molecule has 0 aliphatic carbocycles. The smallest absolute Gasteiger partial charge is 0.337 e. The van der Waals surface area contributed by atoms with Crippen LogP contribution in [0.2, 0.25) is 0 Å². The Balaban J connectivity index is 2.34. The van der Waals surface area contributed by atoms with E-state index in [2.05, 4.69) is 0 Å². The largest absolute Gasteiger partial charge is 0.478 e. The summed E-state index contributed by atoms with van der Waals surface area (Å²) in [5.41, 5.74) is 2.31. The Morgan fingerprint density at radius 3 is 2.35 bits per heavy atom. The Kier molecular flexibility index (Phi) is 5.21. The van der Waals surface area contributed by atoms with E-state index >= 15 is 0 Å². The molecule has 1 aromatic carbocycles. The van der Waals surface area contributed by atoms with Gasteiger partial charge in [-0.1, -0.05) is 18.2 Å². The standard InChI is InChI=1S/C18H22N2O3/c1-4-19-12-13(3)17(18(22)23)15(19)11-16(21)20(5-2)14-9-7-6-8-10-14/h6-10,12H,4-5,11H2,1-3H3,(H,22,23). The number of benzene rings is 1. The number of anilines is 1. The number of likely N-dealkylation sites (N-methyl/N-ethyl adjacent to an activating group) is 1. The van der Waals surface area contributed by atoms with Gasteiger partial charge in [0.2, 0.25) is 5.91 Å². The third-order valence-electron chi connectivity index (χ3n) is 3.94. The minimum absolute atomic E-state index is 0.0754. The number of hydrogen-bond acceptors (Lipinski definition) is 2. The molecule has 0 atom stereocenters. The van der Waals surface area contributed by atoms with Crippen LogP contribution in [0.15, 0.2) is 36.5 Å². The first-order chi connectivity index (χ1) is 11.0. The van der Waals surface area contributed by atoms with Gasteiger partial charge in [0, 0.05) is 30.7 Å². The molecule has 0 fully saturated rings. The molecule has 0 bridgehead atoms. The Morgan fingerprint density at radius 1 is 1.17 bits per heavy atom. The molecule has 0 saturated carbocycles. The molecule has 5 heteroatoms. The molecule has 0 radical (unpaired) electrons. The fourth-order valence-corrected chi connectivity index (χ4v) is 2.86. The first-order valence-corrected chi connectivity index (χ1v) is 7.76. The van der Waals surface area contributed by atoms with Crippen LogP contribution in [0.4, 0.5) is 5.69 Å². The SMILES string of the molecule is CCN(C(=O)Cc1c(C(=O)O)c(C)cn1CC)c1ccccc1. The number of carbonyl (C=O) groups excluding carboxylic acids is 1. The second-order valence-electron chi connectivity index (χ2n) is 5.38. The van der Waals surface area contributed by atoms with Crippen molar-refractivity contribution in [2.45, 2.75) is 33.7 Å². The molecule has 0 unspecified atom stereocenters. The van der Waals surface area contributed by atoms with Crippen molar-refractivity contribution in [1.82, 2.24) is 4.57 Å². The quantitative estimate of drug-likeness (QED) is 0.891. The number of aryl methyl sites for hydroxylation is 2. The summed E-state index contributed by atoms with van der Waals surface area (Å²) in [5.74, 6) is -1.09. The van der Waals surface area contributed by atoms with Crippen LogP contribution in [0, 0.1) is 6.92 Å². The van der Waals surface area contributed by atoms with E-state index in [4.69, 9.17) is 0 Å². The zero-order valence-corrected chi connectivity index (χ0v) is 13.7. The maximum absolute atomic E-state index is 12.7. The zero-order valence-electron chi connectivity index (χ0n) is 13.7. The van der Waals surface area contributed by atoms with Crippen LogP contribution < -0.4 is 4.90 Å². The highest BCUT2D eigenvalue weighted by atomic mass is 16.4. The second kappa shape index (κ2) is 7.13. The molecule has 0 spiro atoms. The summed E-state index contributed by atoms with van der Waals surface area (Å²) in [6.07, 6.45) is 1.87. The van der Waals surface area contributed by atoms with Gasteiger partial charge < -0.3 is 14.6 Å². The van der Waals surface area contributed by atoms with Crippen LogP contribution >= 0.6 is 0 Å².